The number of piperazine rings is 1. The molecule has 2 aliphatic heterocycles. The fourth-order valence-corrected chi connectivity index (χ4v) is 4.86. The highest BCUT2D eigenvalue weighted by Gasteiger charge is 2.40. The summed E-state index contributed by atoms with van der Waals surface area (Å²) in [4.78, 5) is 43.1. The number of anilines is 3. The van der Waals surface area contributed by atoms with Crippen molar-refractivity contribution in [1.82, 2.24) is 0 Å². The molecule has 2 aliphatic rings. The lowest BCUT2D eigenvalue weighted by Crippen LogP contribution is -2.47. The van der Waals surface area contributed by atoms with Crippen LogP contribution in [0.25, 0.3) is 0 Å². The van der Waals surface area contributed by atoms with Crippen molar-refractivity contribution in [1.29, 1.82) is 0 Å². The van der Waals surface area contributed by atoms with Gasteiger partial charge in [-0.15, -0.1) is 0 Å². The van der Waals surface area contributed by atoms with Gasteiger partial charge in [0, 0.05) is 37.9 Å². The van der Waals surface area contributed by atoms with Crippen LogP contribution in [-0.4, -0.2) is 42.9 Å². The third-order valence-electron chi connectivity index (χ3n) is 7.01. The summed E-state index contributed by atoms with van der Waals surface area (Å²) in [5.74, 6) is -0.998. The maximum atomic E-state index is 13.2. The monoisotopic (exact) mass is 470 g/mol. The number of carbonyl (C=O) groups excluding carboxylic acids is 2. The second kappa shape index (κ2) is 8.54. The van der Waals surface area contributed by atoms with Crippen molar-refractivity contribution in [3.8, 4) is 0 Å². The third-order valence-corrected chi connectivity index (χ3v) is 7.01. The summed E-state index contributed by atoms with van der Waals surface area (Å²) >= 11 is 0. The first kappa shape index (κ1) is 22.6. The lowest BCUT2D eigenvalue weighted by molar-refractivity contribution is -0.384. The largest absolute Gasteiger partial charge is 0.368 e. The van der Waals surface area contributed by atoms with Gasteiger partial charge in [0.1, 0.15) is 5.69 Å². The van der Waals surface area contributed by atoms with E-state index in [9.17, 15) is 19.7 Å². The van der Waals surface area contributed by atoms with Crippen LogP contribution in [0.1, 0.15) is 37.4 Å². The predicted octanol–water partition coefficient (Wildman–Crippen LogP) is 4.65. The predicted molar refractivity (Wildman–Crippen MR) is 136 cm³/mol. The first-order chi connectivity index (χ1) is 16.8. The highest BCUT2D eigenvalue weighted by Crippen LogP contribution is 2.38. The van der Waals surface area contributed by atoms with Gasteiger partial charge in [-0.05, 0) is 56.2 Å². The van der Waals surface area contributed by atoms with Gasteiger partial charge in [-0.2, -0.15) is 0 Å². The Morgan fingerprint density at radius 3 is 1.94 bits per heavy atom. The average Bonchev–Trinajstić information content (AvgIpc) is 3.10. The van der Waals surface area contributed by atoms with Crippen molar-refractivity contribution in [3.63, 3.8) is 0 Å². The first-order valence-electron chi connectivity index (χ1n) is 11.6. The summed E-state index contributed by atoms with van der Waals surface area (Å²) in [5.41, 5.74) is 5.56. The summed E-state index contributed by atoms with van der Waals surface area (Å²) < 4.78 is 0. The van der Waals surface area contributed by atoms with Crippen molar-refractivity contribution in [2.24, 2.45) is 0 Å². The average molecular weight is 471 g/mol. The highest BCUT2D eigenvalue weighted by atomic mass is 16.6. The minimum Gasteiger partial charge on any atom is -0.368 e. The molecule has 0 atom stereocenters. The number of nitro benzene ring substituents is 1. The summed E-state index contributed by atoms with van der Waals surface area (Å²) in [6.45, 7) is 8.63. The molecule has 0 unspecified atom stereocenters. The molecular formula is C27H26N4O4. The minimum absolute atomic E-state index is 0.0695. The van der Waals surface area contributed by atoms with Gasteiger partial charge in [-0.25, -0.2) is 4.90 Å². The van der Waals surface area contributed by atoms with Gasteiger partial charge in [0.05, 0.1) is 21.7 Å². The smallest absolute Gasteiger partial charge is 0.293 e. The fraction of sp³-hybridized carbons (Fsp3) is 0.259. The highest BCUT2D eigenvalue weighted by molar-refractivity contribution is 6.35. The van der Waals surface area contributed by atoms with Crippen LogP contribution in [0.15, 0.2) is 54.6 Å². The Kier molecular flexibility index (Phi) is 5.51. The molecule has 0 saturated carbocycles. The Bertz CT molecular complexity index is 1360. The van der Waals surface area contributed by atoms with Crippen molar-refractivity contribution < 1.29 is 14.5 Å². The molecule has 0 N–H and O–H groups in total. The van der Waals surface area contributed by atoms with E-state index in [1.807, 2.05) is 30.0 Å². The second-order valence-electron chi connectivity index (χ2n) is 9.12. The number of hydrogen-bond donors (Lipinski definition) is 0. The van der Waals surface area contributed by atoms with Crippen LogP contribution in [0, 0.1) is 30.9 Å². The second-order valence-corrected chi connectivity index (χ2v) is 9.12. The molecule has 0 spiro atoms. The van der Waals surface area contributed by atoms with E-state index in [0.29, 0.717) is 37.6 Å². The number of fused-ring (bicyclic) bond motifs is 1. The number of amides is 2. The van der Waals surface area contributed by atoms with Gasteiger partial charge in [0.2, 0.25) is 0 Å². The molecule has 0 aromatic heterocycles. The number of benzene rings is 3. The lowest BCUT2D eigenvalue weighted by atomic mass is 10.0. The molecule has 0 bridgehead atoms. The van der Waals surface area contributed by atoms with E-state index in [0.717, 1.165) is 10.5 Å². The Labute approximate surface area is 203 Å². The standard InChI is InChI=1S/C27H26N4O4/c1-17-7-9-20(10-8-17)30-26(32)21-15-24(25(31(34)35)16-22(21)27(30)33)29-13-11-28(12-14-29)23-6-4-5-18(2)19(23)3/h4-10,15-16H,11-14H2,1-3H3. The molecule has 1 fully saturated rings. The van der Waals surface area contributed by atoms with Crippen molar-refractivity contribution >= 4 is 34.6 Å². The van der Waals surface area contributed by atoms with E-state index in [2.05, 4.69) is 30.9 Å². The van der Waals surface area contributed by atoms with Crippen LogP contribution in [0.3, 0.4) is 0 Å². The summed E-state index contributed by atoms with van der Waals surface area (Å²) in [6.07, 6.45) is 0. The summed E-state index contributed by atoms with van der Waals surface area (Å²) in [5, 5.41) is 12.0. The summed E-state index contributed by atoms with van der Waals surface area (Å²) in [7, 11) is 0. The molecule has 2 heterocycles. The molecule has 5 rings (SSSR count). The van der Waals surface area contributed by atoms with Crippen LogP contribution in [0.4, 0.5) is 22.7 Å². The van der Waals surface area contributed by atoms with Crippen LogP contribution in [0.5, 0.6) is 0 Å². The maximum absolute atomic E-state index is 13.2. The number of nitro groups is 1. The van der Waals surface area contributed by atoms with Gasteiger partial charge in [0.15, 0.2) is 0 Å². The van der Waals surface area contributed by atoms with E-state index >= 15 is 0 Å². The van der Waals surface area contributed by atoms with Gasteiger partial charge >= 0.3 is 0 Å². The molecule has 3 aromatic rings. The normalized spacial score (nSPS) is 15.6. The lowest BCUT2D eigenvalue weighted by Gasteiger charge is -2.38. The zero-order valence-electron chi connectivity index (χ0n) is 19.9. The Morgan fingerprint density at radius 2 is 1.34 bits per heavy atom. The topological polar surface area (TPSA) is 87.0 Å². The van der Waals surface area contributed by atoms with Crippen LogP contribution in [-0.2, 0) is 0 Å². The molecular weight excluding hydrogens is 444 g/mol. The SMILES string of the molecule is Cc1ccc(N2C(=O)c3cc(N4CCN(c5cccc(C)c5C)CC4)c([N+](=O)[O-])cc3C2=O)cc1. The number of aryl methyl sites for hydroxylation is 2. The Balaban J connectivity index is 1.45. The number of nitrogens with zero attached hydrogens (tertiary/aromatic N) is 4. The van der Waals surface area contributed by atoms with Gasteiger partial charge in [-0.1, -0.05) is 29.8 Å². The van der Waals surface area contributed by atoms with E-state index in [-0.39, 0.29) is 16.8 Å². The van der Waals surface area contributed by atoms with Gasteiger partial charge < -0.3 is 9.80 Å². The molecule has 3 aromatic carbocycles. The molecule has 178 valence electrons. The van der Waals surface area contributed by atoms with E-state index in [1.54, 1.807) is 12.1 Å². The first-order valence-corrected chi connectivity index (χ1v) is 11.6. The van der Waals surface area contributed by atoms with Gasteiger partial charge in [0.25, 0.3) is 17.5 Å². The van der Waals surface area contributed by atoms with Crippen molar-refractivity contribution in [3.05, 3.63) is 92.5 Å². The van der Waals surface area contributed by atoms with Crippen molar-refractivity contribution in [2.75, 3.05) is 40.9 Å². The quantitative estimate of drug-likeness (QED) is 0.313. The maximum Gasteiger partial charge on any atom is 0.293 e. The minimum atomic E-state index is -0.539. The van der Waals surface area contributed by atoms with Crippen molar-refractivity contribution in [2.45, 2.75) is 20.8 Å². The number of carbonyl (C=O) groups is 2. The van der Waals surface area contributed by atoms with Crippen LogP contribution >= 0.6 is 0 Å². The van der Waals surface area contributed by atoms with E-state index < -0.39 is 16.7 Å². The molecule has 0 aliphatic carbocycles. The number of rotatable bonds is 4. The third kappa shape index (κ3) is 3.80. The van der Waals surface area contributed by atoms with E-state index in [1.165, 1.54) is 28.9 Å². The molecule has 8 nitrogen and oxygen atoms in total. The Hall–Kier alpha value is -4.20. The molecule has 0 radical (unpaired) electrons. The Morgan fingerprint density at radius 1 is 0.771 bits per heavy atom. The fourth-order valence-electron chi connectivity index (χ4n) is 4.86. The molecule has 8 heteroatoms. The number of imide groups is 1. The van der Waals surface area contributed by atoms with Crippen LogP contribution < -0.4 is 14.7 Å². The molecule has 2 amide bonds. The summed E-state index contributed by atoms with van der Waals surface area (Å²) in [6, 6.07) is 16.1. The van der Waals surface area contributed by atoms with Gasteiger partial charge in [-0.3, -0.25) is 19.7 Å². The zero-order valence-corrected chi connectivity index (χ0v) is 19.9. The van der Waals surface area contributed by atoms with E-state index in [4.69, 9.17) is 0 Å². The number of hydrogen-bond acceptors (Lipinski definition) is 6. The zero-order chi connectivity index (χ0) is 24.9. The molecule has 35 heavy (non-hydrogen) atoms. The van der Waals surface area contributed by atoms with Crippen LogP contribution in [0.2, 0.25) is 0 Å². The molecule has 1 saturated heterocycles.